The smallest absolute Gasteiger partial charge is 0.305 e. The molecule has 0 spiro atoms. The first kappa shape index (κ1) is 17.7. The third-order valence-electron chi connectivity index (χ3n) is 2.74. The van der Waals surface area contributed by atoms with Crippen molar-refractivity contribution in [2.75, 3.05) is 17.2 Å². The van der Waals surface area contributed by atoms with Gasteiger partial charge < -0.3 is 16.2 Å². The van der Waals surface area contributed by atoms with Crippen molar-refractivity contribution in [1.29, 1.82) is 5.26 Å². The molecule has 0 aromatic heterocycles. The van der Waals surface area contributed by atoms with Gasteiger partial charge in [0.2, 0.25) is 5.91 Å². The number of anilines is 2. The molecule has 0 fully saturated rings. The molecular weight excluding hydrogens is 300 g/mol. The number of benzene rings is 1. The van der Waals surface area contributed by atoms with E-state index >= 15 is 0 Å². The molecule has 0 saturated heterocycles. The molecular formula is C15H16N4O4. The van der Waals surface area contributed by atoms with Gasteiger partial charge >= 0.3 is 5.97 Å². The second kappa shape index (κ2) is 8.19. The Morgan fingerprint density at radius 1 is 1.43 bits per heavy atom. The van der Waals surface area contributed by atoms with Crippen molar-refractivity contribution >= 4 is 29.2 Å². The molecule has 8 heteroatoms. The molecule has 0 heterocycles. The molecule has 0 aliphatic rings. The zero-order valence-corrected chi connectivity index (χ0v) is 12.4. The third kappa shape index (κ3) is 5.51. The Kier molecular flexibility index (Phi) is 6.30. The number of amides is 2. The SMILES string of the molecule is CC(=O)N(/C=C(/C#N)C(=O)NCCC(=O)O)c1cccc(N)c1. The van der Waals surface area contributed by atoms with Gasteiger partial charge in [-0.25, -0.2) is 0 Å². The zero-order chi connectivity index (χ0) is 17.4. The van der Waals surface area contributed by atoms with Gasteiger partial charge in [0.15, 0.2) is 0 Å². The first-order chi connectivity index (χ1) is 10.8. The van der Waals surface area contributed by atoms with Crippen LogP contribution >= 0.6 is 0 Å². The Hall–Kier alpha value is -3.34. The van der Waals surface area contributed by atoms with Crippen molar-refractivity contribution in [3.8, 4) is 6.07 Å². The first-order valence-electron chi connectivity index (χ1n) is 6.62. The first-order valence-corrected chi connectivity index (χ1v) is 6.62. The predicted octanol–water partition coefficient (Wildman–Crippen LogP) is 0.620. The summed E-state index contributed by atoms with van der Waals surface area (Å²) in [7, 11) is 0. The van der Waals surface area contributed by atoms with Gasteiger partial charge in [0.1, 0.15) is 11.6 Å². The summed E-state index contributed by atoms with van der Waals surface area (Å²) >= 11 is 0. The van der Waals surface area contributed by atoms with Gasteiger partial charge in [-0.2, -0.15) is 5.26 Å². The number of hydrogen-bond donors (Lipinski definition) is 3. The van der Waals surface area contributed by atoms with E-state index in [-0.39, 0.29) is 18.5 Å². The average molecular weight is 316 g/mol. The van der Waals surface area contributed by atoms with E-state index < -0.39 is 17.8 Å². The number of nitrogen functional groups attached to an aromatic ring is 1. The van der Waals surface area contributed by atoms with Crippen molar-refractivity contribution in [2.45, 2.75) is 13.3 Å². The molecule has 8 nitrogen and oxygen atoms in total. The number of nitriles is 1. The Balaban J connectivity index is 3.00. The number of carbonyl (C=O) groups is 3. The number of carboxylic acid groups (broad SMARTS) is 1. The van der Waals surface area contributed by atoms with Crippen LogP contribution in [0.25, 0.3) is 0 Å². The summed E-state index contributed by atoms with van der Waals surface area (Å²) < 4.78 is 0. The minimum Gasteiger partial charge on any atom is -0.481 e. The zero-order valence-electron chi connectivity index (χ0n) is 12.4. The van der Waals surface area contributed by atoms with Crippen LogP contribution < -0.4 is 16.0 Å². The van der Waals surface area contributed by atoms with E-state index in [0.29, 0.717) is 11.4 Å². The molecule has 0 bridgehead atoms. The highest BCUT2D eigenvalue weighted by Gasteiger charge is 2.15. The van der Waals surface area contributed by atoms with Crippen molar-refractivity contribution < 1.29 is 19.5 Å². The fourth-order valence-electron chi connectivity index (χ4n) is 1.67. The molecule has 0 aliphatic carbocycles. The Morgan fingerprint density at radius 2 is 2.13 bits per heavy atom. The highest BCUT2D eigenvalue weighted by molar-refractivity contribution is 6.01. The molecule has 0 unspecified atom stereocenters. The maximum absolute atomic E-state index is 11.9. The maximum Gasteiger partial charge on any atom is 0.305 e. The van der Waals surface area contributed by atoms with Crippen molar-refractivity contribution in [2.24, 2.45) is 0 Å². The molecule has 120 valence electrons. The number of nitrogens with zero attached hydrogens (tertiary/aromatic N) is 2. The molecule has 1 aromatic carbocycles. The van der Waals surface area contributed by atoms with E-state index in [9.17, 15) is 14.4 Å². The van der Waals surface area contributed by atoms with E-state index in [0.717, 1.165) is 11.1 Å². The molecule has 23 heavy (non-hydrogen) atoms. The largest absolute Gasteiger partial charge is 0.481 e. The summed E-state index contributed by atoms with van der Waals surface area (Å²) in [5, 5.41) is 19.9. The van der Waals surface area contributed by atoms with Gasteiger partial charge in [-0.15, -0.1) is 0 Å². The standard InChI is InChI=1S/C15H16N4O4/c1-10(20)19(13-4-2-3-12(17)7-13)9-11(8-16)15(23)18-6-5-14(21)22/h2-4,7,9H,5-6,17H2,1H3,(H,18,23)(H,21,22)/b11-9-. The molecule has 0 saturated carbocycles. The Labute approximate surface area is 132 Å². The van der Waals surface area contributed by atoms with Crippen LogP contribution in [-0.4, -0.2) is 29.4 Å². The molecule has 0 radical (unpaired) electrons. The van der Waals surface area contributed by atoms with Gasteiger partial charge in [0, 0.05) is 25.4 Å². The molecule has 4 N–H and O–H groups in total. The lowest BCUT2D eigenvalue weighted by Gasteiger charge is -2.17. The molecule has 2 amide bonds. The van der Waals surface area contributed by atoms with Gasteiger partial charge in [-0.05, 0) is 18.2 Å². The van der Waals surface area contributed by atoms with E-state index in [4.69, 9.17) is 16.1 Å². The minimum atomic E-state index is -1.07. The monoisotopic (exact) mass is 316 g/mol. The van der Waals surface area contributed by atoms with E-state index in [2.05, 4.69) is 5.32 Å². The van der Waals surface area contributed by atoms with Crippen LogP contribution in [0.15, 0.2) is 36.0 Å². The number of carboxylic acids is 1. The Morgan fingerprint density at radius 3 is 2.65 bits per heavy atom. The highest BCUT2D eigenvalue weighted by Crippen LogP contribution is 2.19. The number of carbonyl (C=O) groups excluding carboxylic acids is 2. The predicted molar refractivity (Wildman–Crippen MR) is 83.0 cm³/mol. The van der Waals surface area contributed by atoms with Crippen LogP contribution in [0.2, 0.25) is 0 Å². The fraction of sp³-hybridized carbons (Fsp3) is 0.200. The Bertz CT molecular complexity index is 691. The lowest BCUT2D eigenvalue weighted by atomic mass is 10.2. The molecule has 0 aliphatic heterocycles. The normalized spacial score (nSPS) is 10.5. The van der Waals surface area contributed by atoms with Gasteiger partial charge in [0.05, 0.1) is 12.1 Å². The number of rotatable bonds is 6. The van der Waals surface area contributed by atoms with Crippen LogP contribution in [0, 0.1) is 11.3 Å². The second-order valence-electron chi connectivity index (χ2n) is 4.54. The number of hydrogen-bond acceptors (Lipinski definition) is 5. The van der Waals surface area contributed by atoms with E-state index in [1.807, 2.05) is 0 Å². The topological polar surface area (TPSA) is 137 Å². The minimum absolute atomic E-state index is 0.120. The molecule has 0 atom stereocenters. The van der Waals surface area contributed by atoms with Crippen LogP contribution in [0.5, 0.6) is 0 Å². The lowest BCUT2D eigenvalue weighted by molar-refractivity contribution is -0.136. The number of aliphatic carboxylic acids is 1. The van der Waals surface area contributed by atoms with Crippen LogP contribution in [0.4, 0.5) is 11.4 Å². The summed E-state index contributed by atoms with van der Waals surface area (Å²) in [6.07, 6.45) is 0.823. The van der Waals surface area contributed by atoms with Crippen LogP contribution in [-0.2, 0) is 14.4 Å². The summed E-state index contributed by atoms with van der Waals surface area (Å²) in [4.78, 5) is 35.1. The van der Waals surface area contributed by atoms with E-state index in [1.54, 1.807) is 24.3 Å². The average Bonchev–Trinajstić information content (AvgIpc) is 2.47. The van der Waals surface area contributed by atoms with Crippen molar-refractivity contribution in [3.05, 3.63) is 36.0 Å². The summed E-state index contributed by atoms with van der Waals surface area (Å²) in [6, 6.07) is 8.08. The van der Waals surface area contributed by atoms with Crippen molar-refractivity contribution in [3.63, 3.8) is 0 Å². The summed E-state index contributed by atoms with van der Waals surface area (Å²) in [5.41, 5.74) is 6.16. The van der Waals surface area contributed by atoms with Crippen molar-refractivity contribution in [1.82, 2.24) is 5.32 Å². The fourth-order valence-corrected chi connectivity index (χ4v) is 1.67. The summed E-state index contributed by atoms with van der Waals surface area (Å²) in [6.45, 7) is 1.16. The quantitative estimate of drug-likeness (QED) is 0.400. The molecule has 1 rings (SSSR count). The van der Waals surface area contributed by atoms with E-state index in [1.165, 1.54) is 13.0 Å². The number of nitrogens with one attached hydrogen (secondary N) is 1. The van der Waals surface area contributed by atoms with Gasteiger partial charge in [-0.3, -0.25) is 19.3 Å². The number of nitrogens with two attached hydrogens (primary N) is 1. The lowest BCUT2D eigenvalue weighted by Crippen LogP contribution is -2.30. The maximum atomic E-state index is 11.9. The highest BCUT2D eigenvalue weighted by atomic mass is 16.4. The summed E-state index contributed by atoms with van der Waals surface area (Å²) in [5.74, 6) is -2.25. The van der Waals surface area contributed by atoms with Crippen LogP contribution in [0.1, 0.15) is 13.3 Å². The van der Waals surface area contributed by atoms with Gasteiger partial charge in [0.25, 0.3) is 5.91 Å². The second-order valence-corrected chi connectivity index (χ2v) is 4.54. The third-order valence-corrected chi connectivity index (χ3v) is 2.74. The molecule has 1 aromatic rings. The van der Waals surface area contributed by atoms with Gasteiger partial charge in [-0.1, -0.05) is 6.07 Å². The van der Waals surface area contributed by atoms with Crippen LogP contribution in [0.3, 0.4) is 0 Å².